The second kappa shape index (κ2) is 8.62. The maximum absolute atomic E-state index is 10.4. The van der Waals surface area contributed by atoms with Gasteiger partial charge in [0.15, 0.2) is 0 Å². The minimum atomic E-state index is -0.841. The molecule has 3 nitrogen and oxygen atoms in total. The van der Waals surface area contributed by atoms with E-state index in [9.17, 15) is 4.79 Å². The Morgan fingerprint density at radius 1 is 1.18 bits per heavy atom. The van der Waals surface area contributed by atoms with Crippen LogP contribution in [0.25, 0.3) is 0 Å². The monoisotopic (exact) mass is 273 g/mol. The average Bonchev–Trinajstić information content (AvgIpc) is 2.92. The largest absolute Gasteiger partial charge is 0.748 e. The van der Waals surface area contributed by atoms with E-state index < -0.39 is 12.0 Å². The zero-order valence-electron chi connectivity index (χ0n) is 9.48. The van der Waals surface area contributed by atoms with Gasteiger partial charge in [-0.1, -0.05) is 5.69 Å². The summed E-state index contributed by atoms with van der Waals surface area (Å²) < 4.78 is 0. The fourth-order valence-electron chi connectivity index (χ4n) is 1.10. The first kappa shape index (κ1) is 15.5. The number of rotatable bonds is 3. The molecule has 0 aliphatic carbocycles. The molecule has 2 rings (SSSR count). The molecular formula is C13H15FeNO2-6. The number of anilines is 1. The molecule has 0 aliphatic rings. The summed E-state index contributed by atoms with van der Waals surface area (Å²) in [5.41, 5.74) is 0.847. The average molecular weight is 273 g/mol. The van der Waals surface area contributed by atoms with Crippen molar-refractivity contribution in [2.75, 3.05) is 5.32 Å². The van der Waals surface area contributed by atoms with Gasteiger partial charge in [0.1, 0.15) is 6.04 Å². The van der Waals surface area contributed by atoms with Crippen LogP contribution in [0.5, 0.6) is 0 Å². The van der Waals surface area contributed by atoms with Crippen LogP contribution in [0.2, 0.25) is 0 Å². The second-order valence-electron chi connectivity index (χ2n) is 3.34. The van der Waals surface area contributed by atoms with Crippen molar-refractivity contribution in [1.29, 1.82) is 0 Å². The number of carboxylic acids is 1. The van der Waals surface area contributed by atoms with E-state index in [1.54, 1.807) is 6.92 Å². The molecule has 17 heavy (non-hydrogen) atoms. The molecule has 1 unspecified atom stereocenters. The molecular weight excluding hydrogens is 258 g/mol. The van der Waals surface area contributed by atoms with E-state index in [1.165, 1.54) is 0 Å². The Balaban J connectivity index is 0.000000360. The molecule has 4 heteroatoms. The Labute approximate surface area is 112 Å². The molecule has 2 aromatic carbocycles. The molecule has 0 radical (unpaired) electrons. The topological polar surface area (TPSA) is 49.3 Å². The van der Waals surface area contributed by atoms with Gasteiger partial charge in [0.05, 0.1) is 0 Å². The van der Waals surface area contributed by atoms with Crippen molar-refractivity contribution in [3.63, 3.8) is 0 Å². The Bertz CT molecular complexity index is 364. The Morgan fingerprint density at radius 3 is 1.94 bits per heavy atom. The first-order valence-electron chi connectivity index (χ1n) is 5.08. The molecule has 98 valence electrons. The number of nitrogens with one attached hydrogen (secondary N) is 1. The zero-order chi connectivity index (χ0) is 11.8. The van der Waals surface area contributed by atoms with E-state index in [-0.39, 0.29) is 17.1 Å². The van der Waals surface area contributed by atoms with Crippen molar-refractivity contribution >= 4 is 11.7 Å². The van der Waals surface area contributed by atoms with Crippen LogP contribution in [-0.2, 0) is 21.9 Å². The van der Waals surface area contributed by atoms with Gasteiger partial charge in [-0.3, -0.25) is 4.79 Å². The summed E-state index contributed by atoms with van der Waals surface area (Å²) in [6.07, 6.45) is 0. The predicted octanol–water partition coefficient (Wildman–Crippen LogP) is 2.69. The third-order valence-electron chi connectivity index (χ3n) is 1.97. The van der Waals surface area contributed by atoms with Crippen LogP contribution in [-0.4, -0.2) is 17.1 Å². The summed E-state index contributed by atoms with van der Waals surface area (Å²) in [5, 5.41) is 11.3. The van der Waals surface area contributed by atoms with E-state index in [0.717, 1.165) is 5.69 Å². The molecule has 0 fully saturated rings. The molecule has 0 heterocycles. The van der Waals surface area contributed by atoms with Crippen LogP contribution in [0, 0.1) is 0 Å². The molecule has 0 saturated heterocycles. The minimum Gasteiger partial charge on any atom is -0.748 e. The molecule has 0 saturated carbocycles. The molecule has 0 spiro atoms. The van der Waals surface area contributed by atoms with Gasteiger partial charge in [-0.2, -0.15) is 12.1 Å². The van der Waals surface area contributed by atoms with Gasteiger partial charge in [-0.25, -0.2) is 12.1 Å². The third-order valence-corrected chi connectivity index (χ3v) is 1.97. The Kier molecular flexibility index (Phi) is 7.85. The van der Waals surface area contributed by atoms with Gasteiger partial charge in [-0.15, -0.1) is 0 Å². The Hall–Kier alpha value is -1.51. The smallest absolute Gasteiger partial charge is 0.324 e. The molecule has 2 N–H and O–H groups in total. The summed E-state index contributed by atoms with van der Waals surface area (Å²) >= 11 is 0. The number of carboxylic acid groups (broad SMARTS) is 1. The Morgan fingerprint density at radius 2 is 1.59 bits per heavy atom. The number of hydrogen-bond donors (Lipinski definition) is 2. The molecule has 0 aromatic heterocycles. The standard InChI is InChI=1S/C8H10NO2.C5H5.Fe/c1-6(8(10)11)9-7-4-2-3-5-7;1-2-4-5-3-1;/h2-6,9H,1H3,(H,10,11);1-5H;/q-1;-5;. The van der Waals surface area contributed by atoms with Crippen molar-refractivity contribution in [3.05, 3.63) is 54.6 Å². The van der Waals surface area contributed by atoms with Gasteiger partial charge in [-0.05, 0) is 6.92 Å². The number of hydrogen-bond acceptors (Lipinski definition) is 2. The minimum absolute atomic E-state index is 0. The fourth-order valence-corrected chi connectivity index (χ4v) is 1.10. The number of carbonyl (C=O) groups is 1. The van der Waals surface area contributed by atoms with Crippen molar-refractivity contribution in [1.82, 2.24) is 0 Å². The SMILES string of the molecule is CC(N[c-]1cccc1)C(=O)O.[Fe].[cH-]1[cH-][cH-][cH-][cH-]1. The van der Waals surface area contributed by atoms with Gasteiger partial charge in [0.2, 0.25) is 0 Å². The zero-order valence-corrected chi connectivity index (χ0v) is 10.6. The van der Waals surface area contributed by atoms with Crippen molar-refractivity contribution < 1.29 is 27.0 Å². The first-order chi connectivity index (χ1) is 7.70. The van der Waals surface area contributed by atoms with Gasteiger partial charge < -0.3 is 40.8 Å². The van der Waals surface area contributed by atoms with Crippen LogP contribution in [0.15, 0.2) is 54.6 Å². The van der Waals surface area contributed by atoms with Crippen molar-refractivity contribution in [2.24, 2.45) is 0 Å². The number of aliphatic carboxylic acids is 1. The molecule has 2 aromatic rings. The summed E-state index contributed by atoms with van der Waals surface area (Å²) in [4.78, 5) is 10.4. The van der Waals surface area contributed by atoms with Gasteiger partial charge in [0.25, 0.3) is 0 Å². The maximum atomic E-state index is 10.4. The predicted molar refractivity (Wildman–Crippen MR) is 64.8 cm³/mol. The van der Waals surface area contributed by atoms with Gasteiger partial charge >= 0.3 is 5.97 Å². The van der Waals surface area contributed by atoms with Crippen LogP contribution in [0.4, 0.5) is 5.69 Å². The second-order valence-corrected chi connectivity index (χ2v) is 3.34. The van der Waals surface area contributed by atoms with E-state index in [4.69, 9.17) is 5.11 Å². The molecule has 0 aliphatic heterocycles. The summed E-state index contributed by atoms with van der Waals surface area (Å²) in [5.74, 6) is -0.841. The fraction of sp³-hybridized carbons (Fsp3) is 0.154. The summed E-state index contributed by atoms with van der Waals surface area (Å²) in [6, 6.07) is 16.9. The van der Waals surface area contributed by atoms with E-state index in [1.807, 2.05) is 54.6 Å². The van der Waals surface area contributed by atoms with Crippen LogP contribution in [0.1, 0.15) is 6.92 Å². The van der Waals surface area contributed by atoms with E-state index in [2.05, 4.69) is 5.32 Å². The normalized spacial score (nSPS) is 10.4. The van der Waals surface area contributed by atoms with Crippen LogP contribution >= 0.6 is 0 Å². The maximum Gasteiger partial charge on any atom is 0.324 e. The molecule has 0 amide bonds. The third kappa shape index (κ3) is 6.61. The van der Waals surface area contributed by atoms with Crippen LogP contribution in [0.3, 0.4) is 0 Å². The van der Waals surface area contributed by atoms with Crippen molar-refractivity contribution in [2.45, 2.75) is 13.0 Å². The summed E-state index contributed by atoms with van der Waals surface area (Å²) in [6.45, 7) is 1.61. The summed E-state index contributed by atoms with van der Waals surface area (Å²) in [7, 11) is 0. The molecule has 1 atom stereocenters. The van der Waals surface area contributed by atoms with Gasteiger partial charge in [0, 0.05) is 17.1 Å². The molecule has 0 bridgehead atoms. The van der Waals surface area contributed by atoms with Crippen LogP contribution < -0.4 is 5.32 Å². The quantitative estimate of drug-likeness (QED) is 0.667. The van der Waals surface area contributed by atoms with E-state index >= 15 is 0 Å². The van der Waals surface area contributed by atoms with E-state index in [0.29, 0.717) is 0 Å². The first-order valence-corrected chi connectivity index (χ1v) is 5.08. The van der Waals surface area contributed by atoms with Crippen molar-refractivity contribution in [3.8, 4) is 0 Å².